The van der Waals surface area contributed by atoms with E-state index >= 15 is 0 Å². The monoisotopic (exact) mass is 360 g/mol. The van der Waals surface area contributed by atoms with Crippen molar-refractivity contribution in [3.05, 3.63) is 29.8 Å². The Bertz CT molecular complexity index is 670. The lowest BCUT2D eigenvalue weighted by Crippen LogP contribution is -2.37. The summed E-state index contributed by atoms with van der Waals surface area (Å²) >= 11 is 0. The Morgan fingerprint density at radius 3 is 2.62 bits per heavy atom. The fraction of sp³-hybridized carbons (Fsp3) is 0.500. The molecule has 0 saturated heterocycles. The summed E-state index contributed by atoms with van der Waals surface area (Å²) in [5, 5.41) is 2.81. The van der Waals surface area contributed by atoms with Gasteiger partial charge in [-0.3, -0.25) is 9.59 Å². The number of hydrogen-bond acceptors (Lipinski definition) is 4. The summed E-state index contributed by atoms with van der Waals surface area (Å²) in [7, 11) is 3.10. The molecule has 6 nitrogen and oxygen atoms in total. The molecule has 1 N–H and O–H groups in total. The summed E-state index contributed by atoms with van der Waals surface area (Å²) < 4.78 is 10.4. The molecule has 2 amide bonds. The molecule has 1 aromatic carbocycles. The molecule has 2 rings (SSSR count). The molecule has 0 spiro atoms. The predicted molar refractivity (Wildman–Crippen MR) is 102 cm³/mol. The van der Waals surface area contributed by atoms with Crippen LogP contribution in [0.1, 0.15) is 39.0 Å². The van der Waals surface area contributed by atoms with Gasteiger partial charge in [0.2, 0.25) is 11.8 Å². The van der Waals surface area contributed by atoms with E-state index in [0.717, 1.165) is 19.3 Å². The van der Waals surface area contributed by atoms with Crippen LogP contribution in [0.3, 0.4) is 0 Å². The number of carbonyl (C=O) groups is 2. The third kappa shape index (κ3) is 5.79. The maximum Gasteiger partial charge on any atom is 0.244 e. The van der Waals surface area contributed by atoms with Crippen LogP contribution in [0.4, 0.5) is 5.69 Å². The van der Waals surface area contributed by atoms with Crippen LogP contribution >= 0.6 is 0 Å². The van der Waals surface area contributed by atoms with Gasteiger partial charge in [0.1, 0.15) is 11.5 Å². The highest BCUT2D eigenvalue weighted by Gasteiger charge is 2.16. The Morgan fingerprint density at radius 1 is 1.19 bits per heavy atom. The van der Waals surface area contributed by atoms with Gasteiger partial charge < -0.3 is 19.7 Å². The number of ether oxygens (including phenoxy) is 2. The molecular weight excluding hydrogens is 332 g/mol. The zero-order valence-corrected chi connectivity index (χ0v) is 15.8. The first kappa shape index (κ1) is 19.8. The van der Waals surface area contributed by atoms with Crippen LogP contribution < -0.4 is 14.8 Å². The van der Waals surface area contributed by atoms with E-state index in [4.69, 9.17) is 9.47 Å². The molecule has 0 aromatic heterocycles. The van der Waals surface area contributed by atoms with Gasteiger partial charge in [-0.15, -0.1) is 0 Å². The third-order valence-corrected chi connectivity index (χ3v) is 4.55. The van der Waals surface area contributed by atoms with Gasteiger partial charge >= 0.3 is 0 Å². The number of methoxy groups -OCH3 is 2. The number of nitrogens with zero attached hydrogens (tertiary/aromatic N) is 1. The van der Waals surface area contributed by atoms with E-state index in [2.05, 4.69) is 11.4 Å². The topological polar surface area (TPSA) is 67.9 Å². The van der Waals surface area contributed by atoms with E-state index in [9.17, 15) is 9.59 Å². The van der Waals surface area contributed by atoms with Gasteiger partial charge in [0.15, 0.2) is 0 Å². The molecular formula is C20H28N2O4. The maximum absolute atomic E-state index is 12.4. The van der Waals surface area contributed by atoms with Crippen molar-refractivity contribution in [2.45, 2.75) is 39.0 Å². The average Bonchev–Trinajstić information content (AvgIpc) is 2.66. The Kier molecular flexibility index (Phi) is 7.51. The minimum absolute atomic E-state index is 0.0256. The van der Waals surface area contributed by atoms with E-state index in [-0.39, 0.29) is 18.4 Å². The van der Waals surface area contributed by atoms with Crippen molar-refractivity contribution in [1.29, 1.82) is 0 Å². The van der Waals surface area contributed by atoms with Crippen molar-refractivity contribution in [2.75, 3.05) is 32.6 Å². The van der Waals surface area contributed by atoms with E-state index in [1.807, 2.05) is 0 Å². The molecule has 0 unspecified atom stereocenters. The first-order valence-corrected chi connectivity index (χ1v) is 8.98. The fourth-order valence-electron chi connectivity index (χ4n) is 3.02. The molecule has 1 aromatic rings. The Balaban J connectivity index is 1.94. The first-order chi connectivity index (χ1) is 12.5. The van der Waals surface area contributed by atoms with Crippen LogP contribution in [0.15, 0.2) is 29.8 Å². The number of amides is 2. The standard InChI is InChI=1S/C20H28N2O4/c1-15(23)22(12-11-16-7-5-4-6-8-16)14-20(24)21-18-10-9-17(25-2)13-19(18)26-3/h7,9-10,13H,4-6,8,11-12,14H2,1-3H3,(H,21,24). The van der Waals surface area contributed by atoms with Crippen molar-refractivity contribution in [1.82, 2.24) is 4.90 Å². The molecule has 0 radical (unpaired) electrons. The summed E-state index contributed by atoms with van der Waals surface area (Å²) in [5.74, 6) is 0.810. The molecule has 6 heteroatoms. The molecule has 0 fully saturated rings. The van der Waals surface area contributed by atoms with Crippen molar-refractivity contribution in [2.24, 2.45) is 0 Å². The van der Waals surface area contributed by atoms with Crippen LogP contribution in [-0.2, 0) is 9.59 Å². The van der Waals surface area contributed by atoms with Gasteiger partial charge in [-0.2, -0.15) is 0 Å². The van der Waals surface area contributed by atoms with Crippen LogP contribution in [-0.4, -0.2) is 44.0 Å². The number of allylic oxidation sites excluding steroid dienone is 1. The average molecular weight is 360 g/mol. The van der Waals surface area contributed by atoms with E-state index in [1.165, 1.54) is 32.4 Å². The van der Waals surface area contributed by atoms with E-state index in [1.54, 1.807) is 30.2 Å². The van der Waals surface area contributed by atoms with Gasteiger partial charge in [0, 0.05) is 19.5 Å². The highest BCUT2D eigenvalue weighted by molar-refractivity contribution is 5.95. The fourth-order valence-corrected chi connectivity index (χ4v) is 3.02. The summed E-state index contributed by atoms with van der Waals surface area (Å²) in [6.07, 6.45) is 7.77. The predicted octanol–water partition coefficient (Wildman–Crippen LogP) is 3.38. The number of benzene rings is 1. The number of rotatable bonds is 8. The quantitative estimate of drug-likeness (QED) is 0.722. The molecule has 0 saturated carbocycles. The maximum atomic E-state index is 12.4. The molecule has 0 aliphatic heterocycles. The molecule has 142 valence electrons. The lowest BCUT2D eigenvalue weighted by Gasteiger charge is -2.22. The van der Waals surface area contributed by atoms with Gasteiger partial charge in [-0.25, -0.2) is 0 Å². The Morgan fingerprint density at radius 2 is 2.00 bits per heavy atom. The summed E-state index contributed by atoms with van der Waals surface area (Å²) in [6.45, 7) is 2.09. The lowest BCUT2D eigenvalue weighted by atomic mass is 9.97. The summed E-state index contributed by atoms with van der Waals surface area (Å²) in [5.41, 5.74) is 1.94. The van der Waals surface area contributed by atoms with Gasteiger partial charge in [-0.1, -0.05) is 11.6 Å². The molecule has 26 heavy (non-hydrogen) atoms. The second-order valence-corrected chi connectivity index (χ2v) is 6.41. The second kappa shape index (κ2) is 9.85. The second-order valence-electron chi connectivity index (χ2n) is 6.41. The van der Waals surface area contributed by atoms with Crippen LogP contribution in [0, 0.1) is 0 Å². The number of nitrogens with one attached hydrogen (secondary N) is 1. The zero-order valence-electron chi connectivity index (χ0n) is 15.8. The number of hydrogen-bond donors (Lipinski definition) is 1. The number of carbonyl (C=O) groups excluding carboxylic acids is 2. The normalized spacial score (nSPS) is 13.6. The lowest BCUT2D eigenvalue weighted by molar-refractivity contribution is -0.132. The minimum Gasteiger partial charge on any atom is -0.497 e. The first-order valence-electron chi connectivity index (χ1n) is 8.98. The zero-order chi connectivity index (χ0) is 18.9. The van der Waals surface area contributed by atoms with E-state index < -0.39 is 0 Å². The smallest absolute Gasteiger partial charge is 0.244 e. The van der Waals surface area contributed by atoms with Crippen LogP contribution in [0.5, 0.6) is 11.5 Å². The molecule has 0 heterocycles. The Labute approximate surface area is 155 Å². The Hall–Kier alpha value is -2.50. The molecule has 1 aliphatic carbocycles. The van der Waals surface area contributed by atoms with Crippen molar-refractivity contribution in [3.8, 4) is 11.5 Å². The molecule has 1 aliphatic rings. The summed E-state index contributed by atoms with van der Waals surface area (Å²) in [6, 6.07) is 5.17. The molecule has 0 atom stereocenters. The van der Waals surface area contributed by atoms with E-state index in [0.29, 0.717) is 23.7 Å². The minimum atomic E-state index is -0.249. The SMILES string of the molecule is COc1ccc(NC(=O)CN(CCC2=CCCCC2)C(C)=O)c(OC)c1. The largest absolute Gasteiger partial charge is 0.497 e. The molecule has 0 bridgehead atoms. The van der Waals surface area contributed by atoms with Crippen LogP contribution in [0.2, 0.25) is 0 Å². The highest BCUT2D eigenvalue weighted by Crippen LogP contribution is 2.29. The van der Waals surface area contributed by atoms with Crippen LogP contribution in [0.25, 0.3) is 0 Å². The highest BCUT2D eigenvalue weighted by atomic mass is 16.5. The van der Waals surface area contributed by atoms with Gasteiger partial charge in [0.25, 0.3) is 0 Å². The van der Waals surface area contributed by atoms with Crippen molar-refractivity contribution < 1.29 is 19.1 Å². The third-order valence-electron chi connectivity index (χ3n) is 4.55. The van der Waals surface area contributed by atoms with Gasteiger partial charge in [-0.05, 0) is 44.2 Å². The van der Waals surface area contributed by atoms with Crippen molar-refractivity contribution >= 4 is 17.5 Å². The van der Waals surface area contributed by atoms with Gasteiger partial charge in [0.05, 0.1) is 26.5 Å². The summed E-state index contributed by atoms with van der Waals surface area (Å²) in [4.78, 5) is 25.9. The number of anilines is 1. The van der Waals surface area contributed by atoms with Crippen molar-refractivity contribution in [3.63, 3.8) is 0 Å².